The van der Waals surface area contributed by atoms with Gasteiger partial charge >= 0.3 is 0 Å². The fourth-order valence-corrected chi connectivity index (χ4v) is 0.424. The van der Waals surface area contributed by atoms with Crippen LogP contribution in [0.15, 0.2) is 5.11 Å². The number of halogens is 1. The number of azide groups is 1. The van der Waals surface area contributed by atoms with Crippen molar-refractivity contribution in [3.05, 3.63) is 10.4 Å². The second-order valence-corrected chi connectivity index (χ2v) is 1.61. The van der Waals surface area contributed by atoms with E-state index in [0.717, 1.165) is 6.54 Å². The zero-order valence-electron chi connectivity index (χ0n) is 5.53. The highest BCUT2D eigenvalue weighted by Crippen LogP contribution is 1.84. The molecule has 0 saturated carbocycles. The molecule has 0 radical (unpaired) electrons. The summed E-state index contributed by atoms with van der Waals surface area (Å²) in [6.45, 7) is 2.60. The van der Waals surface area contributed by atoms with Crippen molar-refractivity contribution in [3.8, 4) is 0 Å². The lowest BCUT2D eigenvalue weighted by molar-refractivity contribution is 0.662. The Morgan fingerprint density at radius 1 is 1.78 bits per heavy atom. The van der Waals surface area contributed by atoms with Gasteiger partial charge in [-0.25, -0.2) is 0 Å². The number of hydrogen-bond acceptors (Lipinski definition) is 2. The number of rotatable bonds is 3. The predicted octanol–water partition coefficient (Wildman–Crippen LogP) is 1.33. The van der Waals surface area contributed by atoms with E-state index in [1.165, 1.54) is 0 Å². The van der Waals surface area contributed by atoms with Gasteiger partial charge in [0.2, 0.25) is 0 Å². The quantitative estimate of drug-likeness (QED) is 0.368. The molecular formula is C4H11ClN4. The Morgan fingerprint density at radius 2 is 2.33 bits per heavy atom. The van der Waals surface area contributed by atoms with Crippen LogP contribution in [0.25, 0.3) is 10.4 Å². The lowest BCUT2D eigenvalue weighted by Crippen LogP contribution is -2.18. The first kappa shape index (κ1) is 11.4. The Labute approximate surface area is 60.7 Å². The van der Waals surface area contributed by atoms with Crippen molar-refractivity contribution >= 4 is 12.4 Å². The van der Waals surface area contributed by atoms with Crippen molar-refractivity contribution in [2.45, 2.75) is 13.0 Å². The molecule has 0 bridgehead atoms. The van der Waals surface area contributed by atoms with Gasteiger partial charge in [0.1, 0.15) is 0 Å². The van der Waals surface area contributed by atoms with E-state index in [1.54, 1.807) is 0 Å². The zero-order chi connectivity index (χ0) is 6.41. The fourth-order valence-electron chi connectivity index (χ4n) is 0.424. The standard InChI is InChI=1S/C4H10N4.ClH/c1-4(3-6-2)7-8-5;/h4,6H,3H2,1-2H3;1H/t4-;/m1./s1. The molecule has 4 nitrogen and oxygen atoms in total. The minimum absolute atomic E-state index is 0. The van der Waals surface area contributed by atoms with Crippen LogP contribution < -0.4 is 5.32 Å². The van der Waals surface area contributed by atoms with E-state index in [1.807, 2.05) is 14.0 Å². The maximum Gasteiger partial charge on any atom is 0.0470 e. The Balaban J connectivity index is 0. The molecule has 9 heavy (non-hydrogen) atoms. The summed E-state index contributed by atoms with van der Waals surface area (Å²) < 4.78 is 0. The summed E-state index contributed by atoms with van der Waals surface area (Å²) in [5.41, 5.74) is 7.89. The average Bonchev–Trinajstić information content (AvgIpc) is 1.68. The van der Waals surface area contributed by atoms with Gasteiger partial charge in [-0.3, -0.25) is 0 Å². The molecule has 0 unspecified atom stereocenters. The topological polar surface area (TPSA) is 60.8 Å². The molecule has 0 rings (SSSR count). The molecule has 0 fully saturated rings. The Bertz CT molecular complexity index is 98.7. The maximum absolute atomic E-state index is 7.89. The van der Waals surface area contributed by atoms with Gasteiger partial charge in [-0.1, -0.05) is 12.0 Å². The van der Waals surface area contributed by atoms with Crippen LogP contribution in [0.1, 0.15) is 6.92 Å². The second-order valence-electron chi connectivity index (χ2n) is 1.61. The molecule has 1 N–H and O–H groups in total. The van der Waals surface area contributed by atoms with Crippen LogP contribution in [0.5, 0.6) is 0 Å². The molecule has 0 amide bonds. The molecule has 0 aliphatic rings. The lowest BCUT2D eigenvalue weighted by atomic mass is 10.4. The maximum atomic E-state index is 7.89. The summed E-state index contributed by atoms with van der Waals surface area (Å²) in [6.07, 6.45) is 0. The number of nitrogens with one attached hydrogen (secondary N) is 1. The molecule has 0 spiro atoms. The molecule has 0 heterocycles. The highest BCUT2D eigenvalue weighted by Gasteiger charge is 1.91. The van der Waals surface area contributed by atoms with Crippen molar-refractivity contribution in [2.75, 3.05) is 13.6 Å². The third-order valence-corrected chi connectivity index (χ3v) is 0.748. The van der Waals surface area contributed by atoms with E-state index in [9.17, 15) is 0 Å². The van der Waals surface area contributed by atoms with Crippen molar-refractivity contribution in [3.63, 3.8) is 0 Å². The van der Waals surface area contributed by atoms with Crippen molar-refractivity contribution in [1.29, 1.82) is 0 Å². The Morgan fingerprint density at radius 3 is 2.67 bits per heavy atom. The number of nitrogens with zero attached hydrogens (tertiary/aromatic N) is 3. The molecule has 0 aliphatic carbocycles. The third-order valence-electron chi connectivity index (χ3n) is 0.748. The van der Waals surface area contributed by atoms with Crippen LogP contribution in [0.2, 0.25) is 0 Å². The summed E-state index contributed by atoms with van der Waals surface area (Å²) in [6, 6.07) is 0.0602. The van der Waals surface area contributed by atoms with E-state index < -0.39 is 0 Å². The first-order valence-electron chi connectivity index (χ1n) is 2.50. The molecule has 54 valence electrons. The molecular weight excluding hydrogens is 140 g/mol. The minimum atomic E-state index is 0. The van der Waals surface area contributed by atoms with Gasteiger partial charge in [-0.2, -0.15) is 0 Å². The molecule has 5 heteroatoms. The van der Waals surface area contributed by atoms with Gasteiger partial charge in [0.05, 0.1) is 0 Å². The van der Waals surface area contributed by atoms with E-state index in [-0.39, 0.29) is 18.4 Å². The Kier molecular flexibility index (Phi) is 9.55. The zero-order valence-corrected chi connectivity index (χ0v) is 6.35. The highest BCUT2D eigenvalue weighted by atomic mass is 35.5. The van der Waals surface area contributed by atoms with Gasteiger partial charge in [0.25, 0.3) is 0 Å². The SMILES string of the molecule is CNC[C@@H](C)N=[N+]=[N-].Cl. The van der Waals surface area contributed by atoms with Crippen LogP contribution >= 0.6 is 12.4 Å². The fraction of sp³-hybridized carbons (Fsp3) is 1.00. The van der Waals surface area contributed by atoms with Crippen LogP contribution in [0, 0.1) is 0 Å². The van der Waals surface area contributed by atoms with Crippen LogP contribution in [-0.2, 0) is 0 Å². The molecule has 0 saturated heterocycles. The van der Waals surface area contributed by atoms with Gasteiger partial charge in [0, 0.05) is 17.5 Å². The van der Waals surface area contributed by atoms with Gasteiger partial charge in [-0.15, -0.1) is 12.4 Å². The van der Waals surface area contributed by atoms with Crippen LogP contribution in [-0.4, -0.2) is 19.6 Å². The molecule has 1 atom stereocenters. The van der Waals surface area contributed by atoms with Gasteiger partial charge < -0.3 is 5.32 Å². The summed E-state index contributed by atoms with van der Waals surface area (Å²) >= 11 is 0. The highest BCUT2D eigenvalue weighted by molar-refractivity contribution is 5.85. The lowest BCUT2D eigenvalue weighted by Gasteiger charge is -1.98. The first-order chi connectivity index (χ1) is 3.81. The predicted molar refractivity (Wildman–Crippen MR) is 39.8 cm³/mol. The molecule has 0 aromatic rings. The first-order valence-corrected chi connectivity index (χ1v) is 2.50. The normalized spacial score (nSPS) is 10.9. The summed E-state index contributed by atoms with van der Waals surface area (Å²) in [7, 11) is 1.82. The van der Waals surface area contributed by atoms with Crippen LogP contribution in [0.3, 0.4) is 0 Å². The summed E-state index contributed by atoms with van der Waals surface area (Å²) in [5.74, 6) is 0. The van der Waals surface area contributed by atoms with E-state index in [0.29, 0.717) is 0 Å². The molecule has 0 aliphatic heterocycles. The third kappa shape index (κ3) is 7.56. The Hall–Kier alpha value is -0.440. The van der Waals surface area contributed by atoms with E-state index >= 15 is 0 Å². The van der Waals surface area contributed by atoms with Crippen molar-refractivity contribution in [1.82, 2.24) is 5.32 Å². The smallest absolute Gasteiger partial charge is 0.0470 e. The average molecular weight is 151 g/mol. The van der Waals surface area contributed by atoms with Gasteiger partial charge in [-0.05, 0) is 12.6 Å². The summed E-state index contributed by atoms with van der Waals surface area (Å²) in [4.78, 5) is 2.64. The van der Waals surface area contributed by atoms with Gasteiger partial charge in [0.15, 0.2) is 0 Å². The second kappa shape index (κ2) is 7.56. The van der Waals surface area contributed by atoms with Crippen LogP contribution in [0.4, 0.5) is 0 Å². The largest absolute Gasteiger partial charge is 0.319 e. The number of likely N-dealkylation sites (N-methyl/N-ethyl adjacent to an activating group) is 1. The molecule has 0 aromatic heterocycles. The minimum Gasteiger partial charge on any atom is -0.319 e. The van der Waals surface area contributed by atoms with E-state index in [2.05, 4.69) is 15.3 Å². The number of hydrogen-bond donors (Lipinski definition) is 1. The molecule has 0 aromatic carbocycles. The van der Waals surface area contributed by atoms with Crippen molar-refractivity contribution < 1.29 is 0 Å². The summed E-state index contributed by atoms with van der Waals surface area (Å²) in [5, 5.41) is 6.32. The monoisotopic (exact) mass is 150 g/mol. The van der Waals surface area contributed by atoms with E-state index in [4.69, 9.17) is 5.53 Å². The van der Waals surface area contributed by atoms with Crippen molar-refractivity contribution in [2.24, 2.45) is 5.11 Å².